The molecule has 110 valence electrons. The molecule has 0 aliphatic carbocycles. The Labute approximate surface area is 120 Å². The second-order valence-corrected chi connectivity index (χ2v) is 4.60. The summed E-state index contributed by atoms with van der Waals surface area (Å²) in [5.74, 6) is -0.233. The van der Waals surface area contributed by atoms with E-state index >= 15 is 0 Å². The molecule has 0 unspecified atom stereocenters. The van der Waals surface area contributed by atoms with Gasteiger partial charge in [-0.2, -0.15) is 13.2 Å². The minimum atomic E-state index is -4.35. The molecule has 3 nitrogen and oxygen atoms in total. The van der Waals surface area contributed by atoms with Gasteiger partial charge in [-0.3, -0.25) is 9.78 Å². The first-order chi connectivity index (χ1) is 9.88. The van der Waals surface area contributed by atoms with Gasteiger partial charge < -0.3 is 4.90 Å². The molecule has 6 heteroatoms. The highest BCUT2D eigenvalue weighted by Gasteiger charge is 2.29. The molecule has 0 radical (unpaired) electrons. The van der Waals surface area contributed by atoms with Crippen LogP contribution in [0, 0.1) is 0 Å². The van der Waals surface area contributed by atoms with E-state index in [2.05, 4.69) is 4.98 Å². The summed E-state index contributed by atoms with van der Waals surface area (Å²) < 4.78 is 37.4. The Bertz CT molecular complexity index is 609. The lowest BCUT2D eigenvalue weighted by Crippen LogP contribution is -2.26. The number of alkyl halides is 3. The molecule has 1 aromatic carbocycles. The standard InChI is InChI=1S/C15H13F3N2O/c1-20(14(21)12-3-2-8-19-9-12)10-11-4-6-13(7-5-11)15(16,17)18/h2-9H,10H2,1H3. The Hall–Kier alpha value is -2.37. The Balaban J connectivity index is 2.06. The Morgan fingerprint density at radius 2 is 1.86 bits per heavy atom. The maximum absolute atomic E-state index is 12.5. The summed E-state index contributed by atoms with van der Waals surface area (Å²) in [4.78, 5) is 17.4. The summed E-state index contributed by atoms with van der Waals surface area (Å²) in [6, 6.07) is 8.05. The maximum atomic E-state index is 12.5. The molecule has 2 aromatic rings. The second-order valence-electron chi connectivity index (χ2n) is 4.60. The van der Waals surface area contributed by atoms with E-state index in [0.717, 1.165) is 12.1 Å². The first-order valence-corrected chi connectivity index (χ1v) is 6.19. The van der Waals surface area contributed by atoms with Gasteiger partial charge in [0.1, 0.15) is 0 Å². The van der Waals surface area contributed by atoms with Crippen LogP contribution in [0.1, 0.15) is 21.5 Å². The zero-order chi connectivity index (χ0) is 15.5. The predicted molar refractivity (Wildman–Crippen MR) is 71.5 cm³/mol. The van der Waals surface area contributed by atoms with Crippen molar-refractivity contribution in [3.8, 4) is 0 Å². The van der Waals surface area contributed by atoms with Gasteiger partial charge >= 0.3 is 6.18 Å². The van der Waals surface area contributed by atoms with E-state index in [0.29, 0.717) is 11.1 Å². The van der Waals surface area contributed by atoms with E-state index in [1.807, 2.05) is 0 Å². The molecule has 2 rings (SSSR count). The van der Waals surface area contributed by atoms with Gasteiger partial charge in [0, 0.05) is 26.0 Å². The van der Waals surface area contributed by atoms with E-state index in [4.69, 9.17) is 0 Å². The molecule has 21 heavy (non-hydrogen) atoms. The molecule has 0 spiro atoms. The number of hydrogen-bond acceptors (Lipinski definition) is 2. The van der Waals surface area contributed by atoms with Crippen LogP contribution in [0.25, 0.3) is 0 Å². The summed E-state index contributed by atoms with van der Waals surface area (Å²) in [6.07, 6.45) is -1.34. The Morgan fingerprint density at radius 3 is 2.38 bits per heavy atom. The quantitative estimate of drug-likeness (QED) is 0.869. The van der Waals surface area contributed by atoms with Crippen LogP contribution in [0.15, 0.2) is 48.8 Å². The van der Waals surface area contributed by atoms with E-state index in [1.54, 1.807) is 25.4 Å². The van der Waals surface area contributed by atoms with Crippen molar-refractivity contribution in [1.29, 1.82) is 0 Å². The largest absolute Gasteiger partial charge is 0.416 e. The number of hydrogen-bond donors (Lipinski definition) is 0. The predicted octanol–water partition coefficient (Wildman–Crippen LogP) is 3.37. The monoisotopic (exact) mass is 294 g/mol. The van der Waals surface area contributed by atoms with Crippen LogP contribution < -0.4 is 0 Å². The molecule has 0 atom stereocenters. The van der Waals surface area contributed by atoms with Crippen LogP contribution in [0.3, 0.4) is 0 Å². The van der Waals surface area contributed by atoms with Gasteiger partial charge in [-0.05, 0) is 29.8 Å². The zero-order valence-electron chi connectivity index (χ0n) is 11.3. The lowest BCUT2D eigenvalue weighted by Gasteiger charge is -2.17. The number of aromatic nitrogens is 1. The van der Waals surface area contributed by atoms with Gasteiger partial charge in [-0.1, -0.05) is 12.1 Å². The molecular weight excluding hydrogens is 281 g/mol. The van der Waals surface area contributed by atoms with Crippen molar-refractivity contribution < 1.29 is 18.0 Å². The smallest absolute Gasteiger partial charge is 0.337 e. The third-order valence-electron chi connectivity index (χ3n) is 2.96. The summed E-state index contributed by atoms with van der Waals surface area (Å²) >= 11 is 0. The van der Waals surface area contributed by atoms with Gasteiger partial charge in [0.15, 0.2) is 0 Å². The molecule has 0 fully saturated rings. The minimum Gasteiger partial charge on any atom is -0.337 e. The van der Waals surface area contributed by atoms with Crippen LogP contribution >= 0.6 is 0 Å². The van der Waals surface area contributed by atoms with Crippen molar-refractivity contribution in [1.82, 2.24) is 9.88 Å². The number of rotatable bonds is 3. The van der Waals surface area contributed by atoms with Crippen molar-refractivity contribution in [3.05, 3.63) is 65.5 Å². The van der Waals surface area contributed by atoms with Crippen molar-refractivity contribution >= 4 is 5.91 Å². The molecule has 0 aliphatic heterocycles. The van der Waals surface area contributed by atoms with Gasteiger partial charge in [0.25, 0.3) is 5.91 Å². The van der Waals surface area contributed by atoms with E-state index in [9.17, 15) is 18.0 Å². The third kappa shape index (κ3) is 3.81. The molecule has 1 aromatic heterocycles. The van der Waals surface area contributed by atoms with Gasteiger partial charge in [-0.25, -0.2) is 0 Å². The van der Waals surface area contributed by atoms with Crippen molar-refractivity contribution in [3.63, 3.8) is 0 Å². The van der Waals surface area contributed by atoms with Crippen LogP contribution in [0.2, 0.25) is 0 Å². The van der Waals surface area contributed by atoms with E-state index < -0.39 is 11.7 Å². The highest BCUT2D eigenvalue weighted by molar-refractivity contribution is 5.93. The van der Waals surface area contributed by atoms with Crippen LogP contribution in [-0.2, 0) is 12.7 Å². The normalized spacial score (nSPS) is 11.2. The minimum absolute atomic E-state index is 0.228. The lowest BCUT2D eigenvalue weighted by atomic mass is 10.1. The van der Waals surface area contributed by atoms with Gasteiger partial charge in [0.2, 0.25) is 0 Å². The number of carbonyl (C=O) groups is 1. The lowest BCUT2D eigenvalue weighted by molar-refractivity contribution is -0.137. The molecule has 1 amide bonds. The molecular formula is C15H13F3N2O. The number of nitrogens with zero attached hydrogens (tertiary/aromatic N) is 2. The number of halogens is 3. The summed E-state index contributed by atoms with van der Waals surface area (Å²) in [5.41, 5.74) is 0.363. The van der Waals surface area contributed by atoms with E-state index in [1.165, 1.54) is 23.2 Å². The van der Waals surface area contributed by atoms with Crippen LogP contribution in [0.5, 0.6) is 0 Å². The summed E-state index contributed by atoms with van der Waals surface area (Å²) in [5, 5.41) is 0. The van der Waals surface area contributed by atoms with Crippen molar-refractivity contribution in [2.24, 2.45) is 0 Å². The summed E-state index contributed by atoms with van der Waals surface area (Å²) in [7, 11) is 1.59. The van der Waals surface area contributed by atoms with Crippen LogP contribution in [0.4, 0.5) is 13.2 Å². The SMILES string of the molecule is CN(Cc1ccc(C(F)(F)F)cc1)C(=O)c1cccnc1. The molecule has 0 saturated heterocycles. The topological polar surface area (TPSA) is 33.2 Å². The van der Waals surface area contributed by atoms with E-state index in [-0.39, 0.29) is 12.5 Å². The molecule has 0 N–H and O–H groups in total. The van der Waals surface area contributed by atoms with Crippen molar-refractivity contribution in [2.75, 3.05) is 7.05 Å². The fraction of sp³-hybridized carbons (Fsp3) is 0.200. The molecule has 0 bridgehead atoms. The fourth-order valence-corrected chi connectivity index (χ4v) is 1.85. The number of carbonyl (C=O) groups excluding carboxylic acids is 1. The first-order valence-electron chi connectivity index (χ1n) is 6.19. The van der Waals surface area contributed by atoms with Crippen molar-refractivity contribution in [2.45, 2.75) is 12.7 Å². The third-order valence-corrected chi connectivity index (χ3v) is 2.96. The van der Waals surface area contributed by atoms with Gasteiger partial charge in [-0.15, -0.1) is 0 Å². The number of benzene rings is 1. The Kier molecular flexibility index (Phi) is 4.26. The highest BCUT2D eigenvalue weighted by atomic mass is 19.4. The summed E-state index contributed by atoms with van der Waals surface area (Å²) in [6.45, 7) is 0.228. The zero-order valence-corrected chi connectivity index (χ0v) is 11.3. The molecule has 0 saturated carbocycles. The molecule has 0 aliphatic rings. The van der Waals surface area contributed by atoms with Crippen LogP contribution in [-0.4, -0.2) is 22.8 Å². The second kappa shape index (κ2) is 5.95. The van der Waals surface area contributed by atoms with Gasteiger partial charge in [0.05, 0.1) is 11.1 Å². The average Bonchev–Trinajstić information content (AvgIpc) is 2.47. The first kappa shape index (κ1) is 15.0. The molecule has 1 heterocycles. The fourth-order valence-electron chi connectivity index (χ4n) is 1.85. The Morgan fingerprint density at radius 1 is 1.19 bits per heavy atom. The average molecular weight is 294 g/mol. The maximum Gasteiger partial charge on any atom is 0.416 e. The number of pyridine rings is 1. The number of amides is 1. The highest BCUT2D eigenvalue weighted by Crippen LogP contribution is 2.29.